The Bertz CT molecular complexity index is 1010. The number of thiazole rings is 1. The SMILES string of the molecule is CCc1nc2c(=O)n(CC(=O)NCc3ccccc3OC)nc(C)c2s1. The van der Waals surface area contributed by atoms with Gasteiger partial charge < -0.3 is 10.1 Å². The first-order valence-electron chi connectivity index (χ1n) is 8.29. The van der Waals surface area contributed by atoms with Crippen molar-refractivity contribution < 1.29 is 9.53 Å². The van der Waals surface area contributed by atoms with E-state index >= 15 is 0 Å². The minimum Gasteiger partial charge on any atom is -0.496 e. The van der Waals surface area contributed by atoms with Gasteiger partial charge in [0.05, 0.1) is 22.5 Å². The molecular weight excluding hydrogens is 352 g/mol. The number of rotatable bonds is 6. The summed E-state index contributed by atoms with van der Waals surface area (Å²) in [7, 11) is 1.58. The molecule has 26 heavy (non-hydrogen) atoms. The molecule has 1 N–H and O–H groups in total. The van der Waals surface area contributed by atoms with Crippen LogP contribution < -0.4 is 15.6 Å². The van der Waals surface area contributed by atoms with Gasteiger partial charge in [-0.25, -0.2) is 9.67 Å². The minimum atomic E-state index is -0.339. The van der Waals surface area contributed by atoms with Crippen LogP contribution in [0.2, 0.25) is 0 Å². The lowest BCUT2D eigenvalue weighted by molar-refractivity contribution is -0.122. The van der Waals surface area contributed by atoms with E-state index in [9.17, 15) is 9.59 Å². The Kier molecular flexibility index (Phi) is 5.32. The zero-order valence-corrected chi connectivity index (χ0v) is 15.7. The normalized spacial score (nSPS) is 10.9. The Morgan fingerprint density at radius 2 is 2.12 bits per heavy atom. The van der Waals surface area contributed by atoms with Crippen molar-refractivity contribution in [3.05, 3.63) is 50.9 Å². The van der Waals surface area contributed by atoms with Crippen LogP contribution in [0.3, 0.4) is 0 Å². The largest absolute Gasteiger partial charge is 0.496 e. The van der Waals surface area contributed by atoms with Gasteiger partial charge in [-0.1, -0.05) is 25.1 Å². The fourth-order valence-electron chi connectivity index (χ4n) is 2.64. The van der Waals surface area contributed by atoms with E-state index in [2.05, 4.69) is 15.4 Å². The molecule has 0 aliphatic heterocycles. The number of nitrogens with one attached hydrogen (secondary N) is 1. The van der Waals surface area contributed by atoms with E-state index in [1.165, 1.54) is 16.0 Å². The van der Waals surface area contributed by atoms with E-state index in [1.807, 2.05) is 38.1 Å². The Balaban J connectivity index is 1.77. The molecule has 0 spiro atoms. The summed E-state index contributed by atoms with van der Waals surface area (Å²) in [4.78, 5) is 29.2. The number of benzene rings is 1. The van der Waals surface area contributed by atoms with E-state index in [-0.39, 0.29) is 18.0 Å². The summed E-state index contributed by atoms with van der Waals surface area (Å²) >= 11 is 1.48. The number of para-hydroxylation sites is 1. The first kappa shape index (κ1) is 18.1. The Morgan fingerprint density at radius 3 is 2.85 bits per heavy atom. The van der Waals surface area contributed by atoms with Gasteiger partial charge in [0.25, 0.3) is 5.56 Å². The van der Waals surface area contributed by atoms with Crippen LogP contribution in [0.5, 0.6) is 5.75 Å². The summed E-state index contributed by atoms with van der Waals surface area (Å²) in [5.74, 6) is 0.408. The maximum absolute atomic E-state index is 12.6. The average molecular weight is 372 g/mol. The molecule has 1 amide bonds. The monoisotopic (exact) mass is 372 g/mol. The zero-order valence-electron chi connectivity index (χ0n) is 14.9. The van der Waals surface area contributed by atoms with E-state index in [0.29, 0.717) is 23.5 Å². The summed E-state index contributed by atoms with van der Waals surface area (Å²) in [5, 5.41) is 7.95. The molecule has 8 heteroatoms. The van der Waals surface area contributed by atoms with Crippen LogP contribution in [0.4, 0.5) is 0 Å². The van der Waals surface area contributed by atoms with Gasteiger partial charge in [0, 0.05) is 12.1 Å². The van der Waals surface area contributed by atoms with Gasteiger partial charge in [-0.05, 0) is 19.4 Å². The predicted octanol–water partition coefficient (Wildman–Crippen LogP) is 2.05. The van der Waals surface area contributed by atoms with Crippen molar-refractivity contribution in [1.82, 2.24) is 20.1 Å². The number of aromatic nitrogens is 3. The van der Waals surface area contributed by atoms with Crippen molar-refractivity contribution >= 4 is 27.5 Å². The molecule has 0 unspecified atom stereocenters. The molecule has 0 radical (unpaired) electrons. The third-order valence-corrected chi connectivity index (χ3v) is 5.28. The molecule has 0 aliphatic carbocycles. The molecule has 3 rings (SSSR count). The number of nitrogens with zero attached hydrogens (tertiary/aromatic N) is 3. The van der Waals surface area contributed by atoms with Gasteiger partial charge in [-0.2, -0.15) is 5.10 Å². The maximum Gasteiger partial charge on any atom is 0.294 e. The number of hydrogen-bond acceptors (Lipinski definition) is 6. The number of carbonyl (C=O) groups excluding carboxylic acids is 1. The summed E-state index contributed by atoms with van der Waals surface area (Å²) in [6, 6.07) is 7.45. The lowest BCUT2D eigenvalue weighted by Gasteiger charge is -2.10. The molecule has 0 saturated heterocycles. The second-order valence-electron chi connectivity index (χ2n) is 5.78. The molecule has 0 saturated carbocycles. The Morgan fingerprint density at radius 1 is 1.35 bits per heavy atom. The molecular formula is C18H20N4O3S. The number of aryl methyl sites for hydroxylation is 2. The maximum atomic E-state index is 12.6. The second kappa shape index (κ2) is 7.65. The minimum absolute atomic E-state index is 0.149. The topological polar surface area (TPSA) is 86.1 Å². The first-order chi connectivity index (χ1) is 12.5. The number of ether oxygens (including phenoxy) is 1. The van der Waals surface area contributed by atoms with Gasteiger partial charge in [0.15, 0.2) is 5.52 Å². The third kappa shape index (κ3) is 3.60. The standard InChI is InChI=1S/C18H20N4O3S/c1-4-15-20-16-17(26-15)11(2)21-22(18(16)24)10-14(23)19-9-12-7-5-6-8-13(12)25-3/h5-8H,4,9-10H2,1-3H3,(H,19,23). The van der Waals surface area contributed by atoms with Gasteiger partial charge in [-0.15, -0.1) is 11.3 Å². The average Bonchev–Trinajstić information content (AvgIpc) is 3.10. The molecule has 0 atom stereocenters. The van der Waals surface area contributed by atoms with Crippen LogP contribution in [0.15, 0.2) is 29.1 Å². The van der Waals surface area contributed by atoms with Crippen molar-refractivity contribution in [3.8, 4) is 5.75 Å². The Labute approximate surface area is 154 Å². The van der Waals surface area contributed by atoms with Gasteiger partial charge in [-0.3, -0.25) is 9.59 Å². The summed E-state index contributed by atoms with van der Waals surface area (Å²) in [6.45, 7) is 3.98. The highest BCUT2D eigenvalue weighted by atomic mass is 32.1. The van der Waals surface area contributed by atoms with E-state index in [0.717, 1.165) is 21.7 Å². The van der Waals surface area contributed by atoms with Crippen LogP contribution in [0.1, 0.15) is 23.2 Å². The lowest BCUT2D eigenvalue weighted by atomic mass is 10.2. The highest BCUT2D eigenvalue weighted by Crippen LogP contribution is 2.22. The smallest absolute Gasteiger partial charge is 0.294 e. The highest BCUT2D eigenvalue weighted by Gasteiger charge is 2.15. The number of carbonyl (C=O) groups is 1. The van der Waals surface area contributed by atoms with E-state index < -0.39 is 0 Å². The Hall–Kier alpha value is -2.74. The molecule has 3 aromatic rings. The van der Waals surface area contributed by atoms with Gasteiger partial charge >= 0.3 is 0 Å². The van der Waals surface area contributed by atoms with Crippen LogP contribution in [-0.2, 0) is 24.3 Å². The van der Waals surface area contributed by atoms with E-state index in [4.69, 9.17) is 4.74 Å². The zero-order chi connectivity index (χ0) is 18.7. The first-order valence-corrected chi connectivity index (χ1v) is 9.10. The molecule has 0 fully saturated rings. The summed E-state index contributed by atoms with van der Waals surface area (Å²) < 4.78 is 7.23. The predicted molar refractivity (Wildman–Crippen MR) is 101 cm³/mol. The van der Waals surface area contributed by atoms with Crippen molar-refractivity contribution in [2.45, 2.75) is 33.4 Å². The third-order valence-electron chi connectivity index (χ3n) is 3.97. The molecule has 7 nitrogen and oxygen atoms in total. The molecule has 2 aromatic heterocycles. The van der Waals surface area contributed by atoms with Crippen molar-refractivity contribution in [2.24, 2.45) is 0 Å². The van der Waals surface area contributed by atoms with Gasteiger partial charge in [0.1, 0.15) is 12.3 Å². The fourth-order valence-corrected chi connectivity index (χ4v) is 3.58. The van der Waals surface area contributed by atoms with Gasteiger partial charge in [0.2, 0.25) is 5.91 Å². The van der Waals surface area contributed by atoms with Crippen LogP contribution in [-0.4, -0.2) is 27.8 Å². The van der Waals surface area contributed by atoms with Crippen LogP contribution in [0.25, 0.3) is 10.2 Å². The highest BCUT2D eigenvalue weighted by molar-refractivity contribution is 7.18. The van der Waals surface area contributed by atoms with Crippen LogP contribution in [0, 0.1) is 6.92 Å². The molecule has 0 bridgehead atoms. The van der Waals surface area contributed by atoms with Crippen LogP contribution >= 0.6 is 11.3 Å². The molecule has 1 aromatic carbocycles. The lowest BCUT2D eigenvalue weighted by Crippen LogP contribution is -2.34. The molecule has 136 valence electrons. The van der Waals surface area contributed by atoms with Crippen molar-refractivity contribution in [2.75, 3.05) is 7.11 Å². The van der Waals surface area contributed by atoms with Crippen molar-refractivity contribution in [3.63, 3.8) is 0 Å². The fraction of sp³-hybridized carbons (Fsp3) is 0.333. The quantitative estimate of drug-likeness (QED) is 0.716. The second-order valence-corrected chi connectivity index (χ2v) is 6.86. The number of hydrogen-bond donors (Lipinski definition) is 1. The molecule has 0 aliphatic rings. The number of amides is 1. The van der Waals surface area contributed by atoms with E-state index in [1.54, 1.807) is 7.11 Å². The number of fused-ring (bicyclic) bond motifs is 1. The summed E-state index contributed by atoms with van der Waals surface area (Å²) in [6.07, 6.45) is 0.762. The van der Waals surface area contributed by atoms with Crippen molar-refractivity contribution in [1.29, 1.82) is 0 Å². The molecule has 2 heterocycles. The number of methoxy groups -OCH3 is 1. The summed E-state index contributed by atoms with van der Waals surface area (Å²) in [5.41, 5.74) is 1.61.